The number of ether oxygens (including phenoxy) is 2. The Morgan fingerprint density at radius 3 is 2.42 bits per heavy atom. The van der Waals surface area contributed by atoms with E-state index in [4.69, 9.17) is 9.47 Å². The number of likely N-dealkylation sites (N-methyl/N-ethyl adjacent to an activating group) is 1. The third-order valence-electron chi connectivity index (χ3n) is 4.49. The predicted octanol–water partition coefficient (Wildman–Crippen LogP) is 2.08. The van der Waals surface area contributed by atoms with Gasteiger partial charge < -0.3 is 20.1 Å². The van der Waals surface area contributed by atoms with Crippen LogP contribution in [-0.2, 0) is 4.79 Å². The highest BCUT2D eigenvalue weighted by molar-refractivity contribution is 6.05. The van der Waals surface area contributed by atoms with Gasteiger partial charge >= 0.3 is 0 Å². The summed E-state index contributed by atoms with van der Waals surface area (Å²) in [5.41, 5.74) is 0.896. The van der Waals surface area contributed by atoms with Crippen LogP contribution >= 0.6 is 24.8 Å². The molecule has 0 spiro atoms. The standard InChI is InChI=1S/C17H23N3O4.2ClH/c1-11(21)13-7-15-16(24-10-23-15)8-14(13)19-17(22)9-20(2)12-3-5-18-6-4-12;;/h7-8,12,18H,3-6,9-10H2,1-2H3,(H,19,22);2*1H. The van der Waals surface area contributed by atoms with E-state index in [1.54, 1.807) is 12.1 Å². The number of hydrogen-bond donors (Lipinski definition) is 2. The Bertz CT molecular complexity index is 651. The van der Waals surface area contributed by atoms with Crippen molar-refractivity contribution in [1.29, 1.82) is 0 Å². The Hall–Kier alpha value is -1.54. The van der Waals surface area contributed by atoms with E-state index in [0.29, 0.717) is 28.8 Å². The molecule has 7 nitrogen and oxygen atoms in total. The van der Waals surface area contributed by atoms with E-state index in [1.165, 1.54) is 6.92 Å². The Morgan fingerprint density at radius 1 is 1.19 bits per heavy atom. The van der Waals surface area contributed by atoms with Gasteiger partial charge in [0.25, 0.3) is 0 Å². The lowest BCUT2D eigenvalue weighted by molar-refractivity contribution is -0.117. The molecule has 0 aliphatic carbocycles. The minimum absolute atomic E-state index is 0. The molecule has 1 saturated heterocycles. The van der Waals surface area contributed by atoms with E-state index in [2.05, 4.69) is 15.5 Å². The summed E-state index contributed by atoms with van der Waals surface area (Å²) < 4.78 is 10.6. The van der Waals surface area contributed by atoms with Gasteiger partial charge in [-0.1, -0.05) is 0 Å². The zero-order valence-electron chi connectivity index (χ0n) is 14.9. The largest absolute Gasteiger partial charge is 0.454 e. The lowest BCUT2D eigenvalue weighted by Crippen LogP contribution is -2.44. The molecule has 9 heteroatoms. The maximum atomic E-state index is 12.4. The number of hydrogen-bond acceptors (Lipinski definition) is 6. The monoisotopic (exact) mass is 405 g/mol. The first-order valence-corrected chi connectivity index (χ1v) is 8.20. The summed E-state index contributed by atoms with van der Waals surface area (Å²) >= 11 is 0. The number of nitrogens with one attached hydrogen (secondary N) is 2. The van der Waals surface area contributed by atoms with Crippen LogP contribution in [0.3, 0.4) is 0 Å². The van der Waals surface area contributed by atoms with Crippen LogP contribution in [0.25, 0.3) is 0 Å². The molecule has 2 aliphatic heterocycles. The molecule has 0 bridgehead atoms. The Labute approximate surface area is 165 Å². The van der Waals surface area contributed by atoms with Crippen molar-refractivity contribution >= 4 is 42.2 Å². The molecule has 2 N–H and O–H groups in total. The van der Waals surface area contributed by atoms with Crippen molar-refractivity contribution in [2.75, 3.05) is 38.8 Å². The molecule has 0 atom stereocenters. The van der Waals surface area contributed by atoms with Crippen molar-refractivity contribution < 1.29 is 19.1 Å². The van der Waals surface area contributed by atoms with Gasteiger partial charge in [0.1, 0.15) is 0 Å². The molecular weight excluding hydrogens is 381 g/mol. The fourth-order valence-electron chi connectivity index (χ4n) is 3.13. The van der Waals surface area contributed by atoms with Gasteiger partial charge in [-0.2, -0.15) is 0 Å². The number of carbonyl (C=O) groups is 2. The third-order valence-corrected chi connectivity index (χ3v) is 4.49. The molecule has 0 unspecified atom stereocenters. The van der Waals surface area contributed by atoms with E-state index >= 15 is 0 Å². The van der Waals surface area contributed by atoms with Crippen molar-refractivity contribution in [2.24, 2.45) is 0 Å². The second-order valence-corrected chi connectivity index (χ2v) is 6.25. The van der Waals surface area contributed by atoms with Gasteiger partial charge in [-0.15, -0.1) is 24.8 Å². The van der Waals surface area contributed by atoms with E-state index in [1.807, 2.05) is 7.05 Å². The summed E-state index contributed by atoms with van der Waals surface area (Å²) in [6, 6.07) is 3.68. The highest BCUT2D eigenvalue weighted by Gasteiger charge is 2.22. The summed E-state index contributed by atoms with van der Waals surface area (Å²) in [5, 5.41) is 6.16. The van der Waals surface area contributed by atoms with Crippen LogP contribution < -0.4 is 20.1 Å². The van der Waals surface area contributed by atoms with Crippen molar-refractivity contribution in [2.45, 2.75) is 25.8 Å². The van der Waals surface area contributed by atoms with Gasteiger partial charge in [0.15, 0.2) is 17.3 Å². The molecule has 146 valence electrons. The summed E-state index contributed by atoms with van der Waals surface area (Å²) in [6.07, 6.45) is 2.07. The number of amides is 1. The fraction of sp³-hybridized carbons (Fsp3) is 0.529. The van der Waals surface area contributed by atoms with Crippen LogP contribution in [0, 0.1) is 0 Å². The number of benzene rings is 1. The van der Waals surface area contributed by atoms with Crippen LogP contribution in [0.15, 0.2) is 12.1 Å². The van der Waals surface area contributed by atoms with Gasteiger partial charge in [-0.3, -0.25) is 14.5 Å². The van der Waals surface area contributed by atoms with E-state index in [0.717, 1.165) is 25.9 Å². The quantitative estimate of drug-likeness (QED) is 0.729. The molecule has 2 aliphatic rings. The highest BCUT2D eigenvalue weighted by Crippen LogP contribution is 2.37. The van der Waals surface area contributed by atoms with Gasteiger partial charge in [0, 0.05) is 17.7 Å². The lowest BCUT2D eigenvalue weighted by atomic mass is 10.1. The van der Waals surface area contributed by atoms with E-state index in [9.17, 15) is 9.59 Å². The zero-order chi connectivity index (χ0) is 17.1. The summed E-state index contributed by atoms with van der Waals surface area (Å²) in [5.74, 6) is 0.805. The topological polar surface area (TPSA) is 79.9 Å². The smallest absolute Gasteiger partial charge is 0.238 e. The number of nitrogens with zero attached hydrogens (tertiary/aromatic N) is 1. The molecule has 2 heterocycles. The number of fused-ring (bicyclic) bond motifs is 1. The first-order valence-electron chi connectivity index (χ1n) is 8.20. The minimum Gasteiger partial charge on any atom is -0.454 e. The van der Waals surface area contributed by atoms with Gasteiger partial charge in [-0.05, 0) is 46.0 Å². The average Bonchev–Trinajstić information content (AvgIpc) is 3.02. The number of halogens is 2. The van der Waals surface area contributed by atoms with Crippen LogP contribution in [0.1, 0.15) is 30.1 Å². The Balaban J connectivity index is 0.00000169. The normalized spacial score (nSPS) is 15.8. The molecule has 3 rings (SSSR count). The molecule has 0 radical (unpaired) electrons. The molecule has 1 aromatic carbocycles. The van der Waals surface area contributed by atoms with Crippen LogP contribution in [0.4, 0.5) is 5.69 Å². The number of carbonyl (C=O) groups excluding carboxylic acids is 2. The van der Waals surface area contributed by atoms with Crippen LogP contribution in [0.5, 0.6) is 11.5 Å². The lowest BCUT2D eigenvalue weighted by Gasteiger charge is -2.31. The first-order chi connectivity index (χ1) is 11.5. The molecule has 1 fully saturated rings. The van der Waals surface area contributed by atoms with Crippen molar-refractivity contribution in [1.82, 2.24) is 10.2 Å². The molecular formula is C17H25Cl2N3O4. The Kier molecular flexibility index (Phi) is 8.62. The second-order valence-electron chi connectivity index (χ2n) is 6.25. The molecule has 0 aromatic heterocycles. The number of ketones is 1. The molecule has 1 amide bonds. The van der Waals surface area contributed by atoms with E-state index < -0.39 is 0 Å². The van der Waals surface area contributed by atoms with Crippen molar-refractivity contribution in [3.63, 3.8) is 0 Å². The van der Waals surface area contributed by atoms with Crippen LogP contribution in [-0.4, -0.2) is 56.1 Å². The van der Waals surface area contributed by atoms with Crippen molar-refractivity contribution in [3.05, 3.63) is 17.7 Å². The minimum atomic E-state index is -0.141. The van der Waals surface area contributed by atoms with Gasteiger partial charge in [-0.25, -0.2) is 0 Å². The first kappa shape index (κ1) is 22.5. The maximum absolute atomic E-state index is 12.4. The Morgan fingerprint density at radius 2 is 1.81 bits per heavy atom. The number of piperidine rings is 1. The number of Topliss-reactive ketones (excluding diaryl/α,β-unsaturated/α-hetero) is 1. The molecule has 1 aromatic rings. The van der Waals surface area contributed by atoms with Gasteiger partial charge in [0.2, 0.25) is 12.7 Å². The molecule has 26 heavy (non-hydrogen) atoms. The summed E-state index contributed by atoms with van der Waals surface area (Å²) in [4.78, 5) is 26.3. The number of rotatable bonds is 5. The van der Waals surface area contributed by atoms with Gasteiger partial charge in [0.05, 0.1) is 12.2 Å². The fourth-order valence-corrected chi connectivity index (χ4v) is 3.13. The predicted molar refractivity (Wildman–Crippen MR) is 104 cm³/mol. The number of anilines is 1. The van der Waals surface area contributed by atoms with Crippen molar-refractivity contribution in [3.8, 4) is 11.5 Å². The zero-order valence-corrected chi connectivity index (χ0v) is 16.5. The van der Waals surface area contributed by atoms with E-state index in [-0.39, 0.29) is 49.8 Å². The third kappa shape index (κ3) is 5.23. The second kappa shape index (κ2) is 9.97. The summed E-state index contributed by atoms with van der Waals surface area (Å²) in [7, 11) is 1.96. The maximum Gasteiger partial charge on any atom is 0.238 e. The average molecular weight is 406 g/mol. The highest BCUT2D eigenvalue weighted by atomic mass is 35.5. The van der Waals surface area contributed by atoms with Crippen LogP contribution in [0.2, 0.25) is 0 Å². The SMILES string of the molecule is CC(=O)c1cc2c(cc1NC(=O)CN(C)C1CCNCC1)OCO2.Cl.Cl. The summed E-state index contributed by atoms with van der Waals surface area (Å²) in [6.45, 7) is 3.84. The molecule has 0 saturated carbocycles.